The molecule has 1 amide bonds. The summed E-state index contributed by atoms with van der Waals surface area (Å²) in [6, 6.07) is 14.0. The topological polar surface area (TPSA) is 59.8 Å². The van der Waals surface area contributed by atoms with E-state index < -0.39 is 0 Å². The van der Waals surface area contributed by atoms with Gasteiger partial charge in [-0.1, -0.05) is 30.3 Å². The number of aryl methyl sites for hydroxylation is 3. The van der Waals surface area contributed by atoms with Crippen molar-refractivity contribution in [2.24, 2.45) is 7.05 Å². The third-order valence-electron chi connectivity index (χ3n) is 4.56. The van der Waals surface area contributed by atoms with Crippen LogP contribution in [0.4, 0.5) is 0 Å². The normalized spacial score (nSPS) is 11.0. The van der Waals surface area contributed by atoms with Crippen LogP contribution in [0.1, 0.15) is 26.6 Å². The molecule has 0 spiro atoms. The van der Waals surface area contributed by atoms with Crippen LogP contribution >= 0.6 is 22.7 Å². The molecule has 142 valence electrons. The molecule has 1 aromatic carbocycles. The van der Waals surface area contributed by atoms with Gasteiger partial charge in [-0.3, -0.25) is 9.48 Å². The maximum Gasteiger partial charge on any atom is 0.269 e. The molecule has 0 atom stereocenters. The van der Waals surface area contributed by atoms with Crippen molar-refractivity contribution in [2.45, 2.75) is 20.4 Å². The zero-order valence-corrected chi connectivity index (χ0v) is 17.5. The van der Waals surface area contributed by atoms with Crippen LogP contribution in [0.15, 0.2) is 47.8 Å². The molecular weight excluding hydrogens is 388 g/mol. The molecule has 0 bridgehead atoms. The van der Waals surface area contributed by atoms with E-state index in [0.29, 0.717) is 12.2 Å². The zero-order valence-electron chi connectivity index (χ0n) is 15.9. The molecule has 0 fully saturated rings. The minimum Gasteiger partial charge on any atom is -0.346 e. The summed E-state index contributed by atoms with van der Waals surface area (Å²) in [5.74, 6) is -0.136. The zero-order chi connectivity index (χ0) is 19.7. The summed E-state index contributed by atoms with van der Waals surface area (Å²) in [5.41, 5.74) is 4.65. The lowest BCUT2D eigenvalue weighted by Gasteiger charge is -2.04. The fourth-order valence-corrected chi connectivity index (χ4v) is 4.77. The fraction of sp³-hybridized carbons (Fsp3) is 0.190. The predicted octanol–water partition coefficient (Wildman–Crippen LogP) is 4.82. The van der Waals surface area contributed by atoms with Crippen LogP contribution in [0.3, 0.4) is 0 Å². The van der Waals surface area contributed by atoms with Gasteiger partial charge in [-0.25, -0.2) is 4.98 Å². The number of rotatable bonds is 5. The lowest BCUT2D eigenvalue weighted by Crippen LogP contribution is -2.25. The van der Waals surface area contributed by atoms with Crippen LogP contribution in [0.25, 0.3) is 21.1 Å². The number of carbonyl (C=O) groups excluding carboxylic acids is 1. The highest BCUT2D eigenvalue weighted by Crippen LogP contribution is 2.30. The Hall–Kier alpha value is -2.77. The van der Waals surface area contributed by atoms with Gasteiger partial charge in [0, 0.05) is 17.5 Å². The quantitative estimate of drug-likeness (QED) is 0.515. The Morgan fingerprint density at radius 3 is 2.75 bits per heavy atom. The number of aromatic nitrogens is 3. The Kier molecular flexibility index (Phi) is 5.11. The van der Waals surface area contributed by atoms with Crippen molar-refractivity contribution in [3.05, 3.63) is 69.7 Å². The molecule has 0 saturated carbocycles. The summed E-state index contributed by atoms with van der Waals surface area (Å²) in [6.45, 7) is 4.52. The van der Waals surface area contributed by atoms with Crippen LogP contribution in [0.5, 0.6) is 0 Å². The predicted molar refractivity (Wildman–Crippen MR) is 115 cm³/mol. The molecule has 3 heterocycles. The number of carbonyl (C=O) groups is 1. The van der Waals surface area contributed by atoms with Gasteiger partial charge in [0.05, 0.1) is 17.1 Å². The van der Waals surface area contributed by atoms with Gasteiger partial charge in [0.1, 0.15) is 16.4 Å². The maximum absolute atomic E-state index is 12.7. The molecule has 3 aromatic heterocycles. The van der Waals surface area contributed by atoms with Gasteiger partial charge < -0.3 is 5.32 Å². The molecule has 0 radical (unpaired) electrons. The standard InChI is InChI=1S/C21H20N4OS2/c1-13-7-4-5-8-15(13)21-23-14(2)19(28-21)12-22-20(26)17-11-16(24-25(17)3)18-9-6-10-27-18/h4-11H,12H2,1-3H3,(H,22,26). The summed E-state index contributed by atoms with van der Waals surface area (Å²) in [7, 11) is 1.79. The van der Waals surface area contributed by atoms with E-state index in [-0.39, 0.29) is 5.91 Å². The van der Waals surface area contributed by atoms with Crippen molar-refractivity contribution in [1.29, 1.82) is 0 Å². The van der Waals surface area contributed by atoms with E-state index in [1.54, 1.807) is 34.4 Å². The highest BCUT2D eigenvalue weighted by molar-refractivity contribution is 7.15. The van der Waals surface area contributed by atoms with E-state index in [2.05, 4.69) is 29.5 Å². The van der Waals surface area contributed by atoms with Gasteiger partial charge in [0.25, 0.3) is 5.91 Å². The number of hydrogen-bond donors (Lipinski definition) is 1. The molecule has 0 aliphatic carbocycles. The highest BCUT2D eigenvalue weighted by Gasteiger charge is 2.16. The number of nitrogens with zero attached hydrogens (tertiary/aromatic N) is 3. The number of benzene rings is 1. The Morgan fingerprint density at radius 1 is 1.18 bits per heavy atom. The van der Waals surface area contributed by atoms with Crippen LogP contribution in [-0.2, 0) is 13.6 Å². The van der Waals surface area contributed by atoms with Crippen molar-refractivity contribution < 1.29 is 4.79 Å². The third-order valence-corrected chi connectivity index (χ3v) is 6.65. The van der Waals surface area contributed by atoms with Crippen LogP contribution in [0.2, 0.25) is 0 Å². The average molecular weight is 409 g/mol. The molecule has 4 aromatic rings. The second kappa shape index (κ2) is 7.69. The molecule has 0 aliphatic heterocycles. The number of thiazole rings is 1. The molecule has 0 aliphatic rings. The maximum atomic E-state index is 12.7. The van der Waals surface area contributed by atoms with E-state index in [1.165, 1.54) is 5.56 Å². The Morgan fingerprint density at radius 2 is 2.00 bits per heavy atom. The van der Waals surface area contributed by atoms with Gasteiger partial charge in [-0.15, -0.1) is 22.7 Å². The second-order valence-corrected chi connectivity index (χ2v) is 8.57. The van der Waals surface area contributed by atoms with E-state index >= 15 is 0 Å². The summed E-state index contributed by atoms with van der Waals surface area (Å²) in [6.07, 6.45) is 0. The van der Waals surface area contributed by atoms with Crippen LogP contribution < -0.4 is 5.32 Å². The molecule has 7 heteroatoms. The minimum absolute atomic E-state index is 0.136. The Labute approximate surface area is 171 Å². The summed E-state index contributed by atoms with van der Waals surface area (Å²) in [4.78, 5) is 19.5. The minimum atomic E-state index is -0.136. The summed E-state index contributed by atoms with van der Waals surface area (Å²) in [5, 5.41) is 10.5. The molecule has 4 rings (SSSR count). The number of nitrogens with one attached hydrogen (secondary N) is 1. The first-order valence-electron chi connectivity index (χ1n) is 8.91. The number of hydrogen-bond acceptors (Lipinski definition) is 5. The smallest absolute Gasteiger partial charge is 0.269 e. The van der Waals surface area contributed by atoms with Crippen molar-refractivity contribution in [1.82, 2.24) is 20.1 Å². The van der Waals surface area contributed by atoms with E-state index in [0.717, 1.165) is 31.7 Å². The average Bonchev–Trinajstić information content (AvgIpc) is 3.40. The van der Waals surface area contributed by atoms with Gasteiger partial charge in [0.2, 0.25) is 0 Å². The van der Waals surface area contributed by atoms with Crippen LogP contribution in [-0.4, -0.2) is 20.7 Å². The molecule has 5 nitrogen and oxygen atoms in total. The first kappa shape index (κ1) is 18.6. The number of amides is 1. The van der Waals surface area contributed by atoms with Crippen LogP contribution in [0, 0.1) is 13.8 Å². The second-order valence-electron chi connectivity index (χ2n) is 6.54. The van der Waals surface area contributed by atoms with Crippen molar-refractivity contribution in [3.63, 3.8) is 0 Å². The summed E-state index contributed by atoms with van der Waals surface area (Å²) >= 11 is 3.23. The van der Waals surface area contributed by atoms with Gasteiger partial charge in [-0.05, 0) is 36.9 Å². The monoisotopic (exact) mass is 408 g/mol. The first-order chi connectivity index (χ1) is 13.5. The largest absolute Gasteiger partial charge is 0.346 e. The number of thiophene rings is 1. The molecule has 0 saturated heterocycles. The van der Waals surface area contributed by atoms with Crippen molar-refractivity contribution in [2.75, 3.05) is 0 Å². The molecule has 28 heavy (non-hydrogen) atoms. The molecular formula is C21H20N4OS2. The van der Waals surface area contributed by atoms with Crippen molar-refractivity contribution in [3.8, 4) is 21.1 Å². The van der Waals surface area contributed by atoms with Gasteiger partial charge >= 0.3 is 0 Å². The third kappa shape index (κ3) is 3.63. The highest BCUT2D eigenvalue weighted by atomic mass is 32.1. The van der Waals surface area contributed by atoms with E-state index in [4.69, 9.17) is 4.98 Å². The van der Waals surface area contributed by atoms with Crippen molar-refractivity contribution >= 4 is 28.6 Å². The van der Waals surface area contributed by atoms with Gasteiger partial charge in [-0.2, -0.15) is 5.10 Å². The lowest BCUT2D eigenvalue weighted by molar-refractivity contribution is 0.0942. The van der Waals surface area contributed by atoms with Gasteiger partial charge in [0.15, 0.2) is 0 Å². The van der Waals surface area contributed by atoms with E-state index in [9.17, 15) is 4.79 Å². The molecule has 1 N–H and O–H groups in total. The first-order valence-corrected chi connectivity index (χ1v) is 10.6. The Balaban J connectivity index is 1.49. The summed E-state index contributed by atoms with van der Waals surface area (Å²) < 4.78 is 1.63. The van der Waals surface area contributed by atoms with E-state index in [1.807, 2.05) is 42.6 Å². The molecule has 0 unspecified atom stereocenters. The lowest BCUT2D eigenvalue weighted by atomic mass is 10.1. The fourth-order valence-electron chi connectivity index (χ4n) is 3.00. The SMILES string of the molecule is Cc1ccccc1-c1nc(C)c(CNC(=O)c2cc(-c3cccs3)nn2C)s1. The Bertz CT molecular complexity index is 1130.